The predicted molar refractivity (Wildman–Crippen MR) is 144 cm³/mol. The number of hydrogen-bond donors (Lipinski definition) is 0. The Morgan fingerprint density at radius 3 is 1.31 bits per heavy atom. The fraction of sp³-hybridized carbons (Fsp3) is 0.0882. The van der Waals surface area contributed by atoms with Gasteiger partial charge in [-0.15, -0.1) is 0 Å². The maximum atomic E-state index is 14.4. The fourth-order valence-electron chi connectivity index (χ4n) is 5.62. The summed E-state index contributed by atoms with van der Waals surface area (Å²) in [5, 5.41) is 0. The number of esters is 1. The van der Waals surface area contributed by atoms with E-state index >= 15 is 0 Å². The molecule has 0 spiro atoms. The van der Waals surface area contributed by atoms with Crippen LogP contribution in [0.25, 0.3) is 11.1 Å². The van der Waals surface area contributed by atoms with Crippen molar-refractivity contribution in [2.75, 3.05) is 6.61 Å². The van der Waals surface area contributed by atoms with Gasteiger partial charge in [0.05, 0.1) is 0 Å². The molecular formula is C34H26O2. The molecule has 2 heteroatoms. The maximum Gasteiger partial charge on any atom is 0.325 e. The van der Waals surface area contributed by atoms with E-state index in [0.717, 1.165) is 16.7 Å². The van der Waals surface area contributed by atoms with Crippen LogP contribution in [0.5, 0.6) is 0 Å². The molecule has 6 rings (SSSR count). The van der Waals surface area contributed by atoms with Crippen LogP contribution in [0.4, 0.5) is 0 Å². The summed E-state index contributed by atoms with van der Waals surface area (Å²) >= 11 is 0. The molecule has 0 saturated heterocycles. The van der Waals surface area contributed by atoms with Crippen LogP contribution in [0, 0.1) is 0 Å². The average molecular weight is 467 g/mol. The highest BCUT2D eigenvalue weighted by Gasteiger charge is 2.46. The van der Waals surface area contributed by atoms with Gasteiger partial charge in [-0.25, -0.2) is 0 Å². The van der Waals surface area contributed by atoms with Gasteiger partial charge in [-0.1, -0.05) is 140 Å². The van der Waals surface area contributed by atoms with Gasteiger partial charge in [0.15, 0.2) is 0 Å². The van der Waals surface area contributed by atoms with E-state index in [0.29, 0.717) is 0 Å². The third kappa shape index (κ3) is 3.54. The van der Waals surface area contributed by atoms with Gasteiger partial charge in [0.25, 0.3) is 0 Å². The molecule has 0 heterocycles. The van der Waals surface area contributed by atoms with Crippen LogP contribution in [0.2, 0.25) is 0 Å². The van der Waals surface area contributed by atoms with Crippen LogP contribution in [-0.4, -0.2) is 12.6 Å². The molecule has 0 bridgehead atoms. The number of carbonyl (C=O) groups excluding carboxylic acids is 1. The summed E-state index contributed by atoms with van der Waals surface area (Å²) in [6, 6.07) is 46.7. The monoisotopic (exact) mass is 466 g/mol. The molecule has 36 heavy (non-hydrogen) atoms. The Bertz CT molecular complexity index is 1350. The number of hydrogen-bond acceptors (Lipinski definition) is 2. The number of carbonyl (C=O) groups is 1. The number of benzene rings is 5. The first-order valence-corrected chi connectivity index (χ1v) is 12.3. The van der Waals surface area contributed by atoms with E-state index in [9.17, 15) is 4.79 Å². The van der Waals surface area contributed by atoms with Crippen molar-refractivity contribution in [2.24, 2.45) is 0 Å². The van der Waals surface area contributed by atoms with Crippen molar-refractivity contribution in [3.63, 3.8) is 0 Å². The molecule has 0 atom stereocenters. The molecule has 174 valence electrons. The molecule has 1 aliphatic rings. The predicted octanol–water partition coefficient (Wildman–Crippen LogP) is 7.38. The molecule has 5 aromatic rings. The van der Waals surface area contributed by atoms with Crippen molar-refractivity contribution in [3.05, 3.63) is 167 Å². The average Bonchev–Trinajstić information content (AvgIpc) is 3.28. The van der Waals surface area contributed by atoms with Gasteiger partial charge in [0, 0.05) is 5.92 Å². The molecule has 1 aliphatic carbocycles. The fourth-order valence-corrected chi connectivity index (χ4v) is 5.62. The minimum atomic E-state index is -1.08. The smallest absolute Gasteiger partial charge is 0.325 e. The van der Waals surface area contributed by atoms with Gasteiger partial charge >= 0.3 is 5.97 Å². The van der Waals surface area contributed by atoms with E-state index in [1.54, 1.807) is 0 Å². The second-order valence-electron chi connectivity index (χ2n) is 9.17. The van der Waals surface area contributed by atoms with Gasteiger partial charge in [-0.3, -0.25) is 4.79 Å². The normalized spacial score (nSPS) is 12.6. The highest BCUT2D eigenvalue weighted by molar-refractivity contribution is 5.92. The Kier molecular flexibility index (Phi) is 5.71. The molecule has 0 fully saturated rings. The summed E-state index contributed by atoms with van der Waals surface area (Å²) in [4.78, 5) is 14.4. The first-order chi connectivity index (χ1) is 17.8. The van der Waals surface area contributed by atoms with Gasteiger partial charge in [0.1, 0.15) is 12.0 Å². The molecule has 0 aliphatic heterocycles. The SMILES string of the molecule is O=C(OCC1c2ccccc2-c2ccccc21)C(c1ccccc1)(c1ccccc1)c1ccccc1. The van der Waals surface area contributed by atoms with E-state index < -0.39 is 5.41 Å². The van der Waals surface area contributed by atoms with E-state index in [1.165, 1.54) is 22.3 Å². The summed E-state index contributed by atoms with van der Waals surface area (Å²) < 4.78 is 6.33. The quantitative estimate of drug-likeness (QED) is 0.193. The minimum Gasteiger partial charge on any atom is -0.464 e. The largest absolute Gasteiger partial charge is 0.464 e. The van der Waals surface area contributed by atoms with Crippen molar-refractivity contribution in [3.8, 4) is 11.1 Å². The lowest BCUT2D eigenvalue weighted by atomic mass is 9.69. The first-order valence-electron chi connectivity index (χ1n) is 12.3. The Morgan fingerprint density at radius 1 is 0.528 bits per heavy atom. The molecule has 5 aromatic carbocycles. The summed E-state index contributed by atoms with van der Waals surface area (Å²) in [5.41, 5.74) is 6.43. The highest BCUT2D eigenvalue weighted by atomic mass is 16.5. The van der Waals surface area contributed by atoms with Gasteiger partial charge in [-0.2, -0.15) is 0 Å². The third-order valence-electron chi connectivity index (χ3n) is 7.27. The summed E-state index contributed by atoms with van der Waals surface area (Å²) in [7, 11) is 0. The molecule has 0 radical (unpaired) electrons. The van der Waals surface area contributed by atoms with Crippen LogP contribution >= 0.6 is 0 Å². The summed E-state index contributed by atoms with van der Waals surface area (Å²) in [5.74, 6) is -0.269. The molecule has 0 N–H and O–H groups in total. The lowest BCUT2D eigenvalue weighted by molar-refractivity contribution is -0.147. The molecule has 0 aromatic heterocycles. The second-order valence-corrected chi connectivity index (χ2v) is 9.17. The Balaban J connectivity index is 1.45. The van der Waals surface area contributed by atoms with Crippen molar-refractivity contribution in [2.45, 2.75) is 11.3 Å². The van der Waals surface area contributed by atoms with Gasteiger partial charge < -0.3 is 4.74 Å². The van der Waals surface area contributed by atoms with Crippen molar-refractivity contribution in [1.29, 1.82) is 0 Å². The minimum absolute atomic E-state index is 0.00127. The lowest BCUT2D eigenvalue weighted by Gasteiger charge is -2.34. The third-order valence-corrected chi connectivity index (χ3v) is 7.27. The molecule has 0 unspecified atom stereocenters. The van der Waals surface area contributed by atoms with Gasteiger partial charge in [0.2, 0.25) is 0 Å². The van der Waals surface area contributed by atoms with Crippen LogP contribution < -0.4 is 0 Å². The van der Waals surface area contributed by atoms with E-state index in [-0.39, 0.29) is 18.5 Å². The topological polar surface area (TPSA) is 26.3 Å². The molecular weight excluding hydrogens is 440 g/mol. The maximum absolute atomic E-state index is 14.4. The van der Waals surface area contributed by atoms with Crippen molar-refractivity contribution in [1.82, 2.24) is 0 Å². The summed E-state index contributed by atoms with van der Waals surface area (Å²) in [6.45, 7) is 0.279. The Hall–Kier alpha value is -4.43. The van der Waals surface area contributed by atoms with Crippen LogP contribution in [0.3, 0.4) is 0 Å². The Labute approximate surface area is 211 Å². The van der Waals surface area contributed by atoms with Crippen molar-refractivity contribution < 1.29 is 9.53 Å². The first kappa shape index (κ1) is 22.1. The molecule has 0 amide bonds. The number of fused-ring (bicyclic) bond motifs is 3. The summed E-state index contributed by atoms with van der Waals surface area (Å²) in [6.07, 6.45) is 0. The second kappa shape index (κ2) is 9.31. The number of ether oxygens (including phenoxy) is 1. The zero-order chi connectivity index (χ0) is 24.4. The standard InChI is InChI=1S/C34H26O2/c35-33(36-24-32-30-22-12-10-20-28(30)29-21-11-13-23-31(29)32)34(25-14-4-1-5-15-25,26-16-6-2-7-17-26)27-18-8-3-9-19-27/h1-23,32H,24H2. The Morgan fingerprint density at radius 2 is 0.889 bits per heavy atom. The lowest BCUT2D eigenvalue weighted by Crippen LogP contribution is -2.40. The molecule has 0 saturated carbocycles. The zero-order valence-electron chi connectivity index (χ0n) is 19.9. The highest BCUT2D eigenvalue weighted by Crippen LogP contribution is 2.46. The van der Waals surface area contributed by atoms with Crippen LogP contribution in [-0.2, 0) is 14.9 Å². The van der Waals surface area contributed by atoms with Crippen LogP contribution in [0.1, 0.15) is 33.7 Å². The van der Waals surface area contributed by atoms with E-state index in [2.05, 4.69) is 48.5 Å². The van der Waals surface area contributed by atoms with E-state index in [1.807, 2.05) is 91.0 Å². The zero-order valence-corrected chi connectivity index (χ0v) is 19.9. The molecule has 2 nitrogen and oxygen atoms in total. The van der Waals surface area contributed by atoms with Crippen molar-refractivity contribution >= 4 is 5.97 Å². The number of rotatable bonds is 6. The van der Waals surface area contributed by atoms with Gasteiger partial charge in [-0.05, 0) is 38.9 Å². The van der Waals surface area contributed by atoms with E-state index in [4.69, 9.17) is 4.74 Å². The van der Waals surface area contributed by atoms with Crippen LogP contribution in [0.15, 0.2) is 140 Å².